The van der Waals surface area contributed by atoms with Crippen molar-refractivity contribution in [2.75, 3.05) is 17.7 Å². The average molecular weight is 719 g/mol. The van der Waals surface area contributed by atoms with Crippen LogP contribution in [-0.4, -0.2) is 28.8 Å². The van der Waals surface area contributed by atoms with Gasteiger partial charge < -0.3 is 20.1 Å². The van der Waals surface area contributed by atoms with Gasteiger partial charge in [-0.25, -0.2) is 9.97 Å². The summed E-state index contributed by atoms with van der Waals surface area (Å²) in [6, 6.07) is 29.1. The molecule has 0 spiro atoms. The molecule has 274 valence electrons. The number of aromatic nitrogens is 2. The minimum atomic E-state index is -0.245. The van der Waals surface area contributed by atoms with E-state index in [1.165, 1.54) is 12.5 Å². The first kappa shape index (κ1) is 36.3. The summed E-state index contributed by atoms with van der Waals surface area (Å²) in [4.78, 5) is 37.3. The van der Waals surface area contributed by atoms with Crippen molar-refractivity contribution >= 4 is 39.7 Å². The van der Waals surface area contributed by atoms with Crippen molar-refractivity contribution in [2.24, 2.45) is 5.41 Å². The van der Waals surface area contributed by atoms with Crippen LogP contribution in [-0.2, 0) is 10.2 Å². The van der Waals surface area contributed by atoms with Crippen LogP contribution in [0.3, 0.4) is 0 Å². The van der Waals surface area contributed by atoms with Gasteiger partial charge in [-0.15, -0.1) is 0 Å². The molecule has 2 N–H and O–H groups in total. The number of hydrogen-bond acceptors (Lipinski definition) is 7. The maximum Gasteiger partial charge on any atom is 0.221 e. The smallest absolute Gasteiger partial charge is 0.221 e. The van der Waals surface area contributed by atoms with Gasteiger partial charge in [0.1, 0.15) is 17.0 Å². The Bertz CT molecular complexity index is 2440. The molecule has 8 nitrogen and oxygen atoms in total. The molecule has 5 aromatic carbocycles. The van der Waals surface area contributed by atoms with Crippen LogP contribution < -0.4 is 20.1 Å². The van der Waals surface area contributed by atoms with Gasteiger partial charge in [0.05, 0.1) is 29.7 Å². The maximum absolute atomic E-state index is 14.6. The van der Waals surface area contributed by atoms with Gasteiger partial charge in [-0.05, 0) is 72.1 Å². The summed E-state index contributed by atoms with van der Waals surface area (Å²) in [7, 11) is 1.57. The van der Waals surface area contributed by atoms with Crippen molar-refractivity contribution < 1.29 is 19.1 Å². The molecule has 0 bridgehead atoms. The number of nitrogens with one attached hydrogen (secondary N) is 2. The number of carbonyl (C=O) groups is 2. The molecular formula is C46H46N4O4. The van der Waals surface area contributed by atoms with Crippen LogP contribution in [0.2, 0.25) is 0 Å². The second-order valence-corrected chi connectivity index (χ2v) is 16.0. The molecule has 0 radical (unpaired) electrons. The lowest BCUT2D eigenvalue weighted by atomic mass is 9.72. The monoisotopic (exact) mass is 718 g/mol. The lowest BCUT2D eigenvalue weighted by Gasteiger charge is -2.33. The van der Waals surface area contributed by atoms with Gasteiger partial charge in [0.2, 0.25) is 5.91 Å². The van der Waals surface area contributed by atoms with E-state index in [2.05, 4.69) is 57.4 Å². The Labute approximate surface area is 317 Å². The number of nitrogens with zero attached hydrogens (tertiary/aromatic N) is 2. The van der Waals surface area contributed by atoms with E-state index in [9.17, 15) is 9.59 Å². The minimum absolute atomic E-state index is 0.0423. The summed E-state index contributed by atoms with van der Waals surface area (Å²) in [5, 5.41) is 7.13. The molecule has 54 heavy (non-hydrogen) atoms. The van der Waals surface area contributed by atoms with E-state index in [1.54, 1.807) is 19.2 Å². The molecule has 1 amide bonds. The van der Waals surface area contributed by atoms with Gasteiger partial charge in [-0.1, -0.05) is 89.2 Å². The van der Waals surface area contributed by atoms with Gasteiger partial charge in [-0.3, -0.25) is 9.59 Å². The van der Waals surface area contributed by atoms with Crippen LogP contribution in [0.1, 0.15) is 80.6 Å². The number of benzene rings is 5. The van der Waals surface area contributed by atoms with Gasteiger partial charge in [0, 0.05) is 46.8 Å². The number of ether oxygens (including phenoxy) is 2. The van der Waals surface area contributed by atoms with E-state index in [-0.39, 0.29) is 22.5 Å². The fourth-order valence-corrected chi connectivity index (χ4v) is 7.85. The Kier molecular flexibility index (Phi) is 9.26. The van der Waals surface area contributed by atoms with E-state index in [0.29, 0.717) is 73.3 Å². The van der Waals surface area contributed by atoms with Crippen LogP contribution in [0.5, 0.6) is 17.2 Å². The van der Waals surface area contributed by atoms with E-state index < -0.39 is 0 Å². The molecule has 1 aromatic heterocycles. The Balaban J connectivity index is 1.49. The normalized spacial score (nSPS) is 12.4. The summed E-state index contributed by atoms with van der Waals surface area (Å²) < 4.78 is 12.3. The van der Waals surface area contributed by atoms with Crippen LogP contribution in [0, 0.1) is 19.3 Å². The van der Waals surface area contributed by atoms with Crippen LogP contribution >= 0.6 is 0 Å². The van der Waals surface area contributed by atoms with Crippen LogP contribution in [0.15, 0.2) is 91.0 Å². The number of hydrogen-bond donors (Lipinski definition) is 2. The van der Waals surface area contributed by atoms with Crippen LogP contribution in [0.25, 0.3) is 33.5 Å². The topological polar surface area (TPSA) is 102 Å². The minimum Gasteiger partial charge on any atom is -0.497 e. The molecule has 0 unspecified atom stereocenters. The molecule has 1 heterocycles. The predicted octanol–water partition coefficient (Wildman–Crippen LogP) is 11.3. The zero-order chi connectivity index (χ0) is 38.5. The second kappa shape index (κ2) is 13.8. The van der Waals surface area contributed by atoms with Crippen molar-refractivity contribution in [3.63, 3.8) is 0 Å². The third kappa shape index (κ3) is 6.92. The van der Waals surface area contributed by atoms with Crippen molar-refractivity contribution in [1.82, 2.24) is 9.97 Å². The Morgan fingerprint density at radius 3 is 2.07 bits per heavy atom. The number of rotatable bonds is 9. The van der Waals surface area contributed by atoms with Crippen molar-refractivity contribution in [3.05, 3.63) is 119 Å². The highest BCUT2D eigenvalue weighted by Gasteiger charge is 2.33. The summed E-state index contributed by atoms with van der Waals surface area (Å²) in [6.07, 6.45) is 1.02. The highest BCUT2D eigenvalue weighted by molar-refractivity contribution is 6.28. The van der Waals surface area contributed by atoms with Gasteiger partial charge >= 0.3 is 0 Å². The number of ketones is 1. The fourth-order valence-electron chi connectivity index (χ4n) is 7.85. The lowest BCUT2D eigenvalue weighted by molar-refractivity contribution is -0.114. The number of anilines is 3. The first-order valence-electron chi connectivity index (χ1n) is 18.2. The zero-order valence-corrected chi connectivity index (χ0v) is 32.4. The largest absolute Gasteiger partial charge is 0.497 e. The Morgan fingerprint density at radius 2 is 1.43 bits per heavy atom. The third-order valence-corrected chi connectivity index (χ3v) is 9.95. The lowest BCUT2D eigenvalue weighted by Crippen LogP contribution is -2.24. The molecule has 6 aromatic rings. The Morgan fingerprint density at radius 1 is 0.759 bits per heavy atom. The molecule has 0 saturated heterocycles. The first-order valence-corrected chi connectivity index (χ1v) is 18.2. The third-order valence-electron chi connectivity index (χ3n) is 9.95. The highest BCUT2D eigenvalue weighted by atomic mass is 16.5. The van der Waals surface area contributed by atoms with E-state index in [0.717, 1.165) is 23.2 Å². The molecule has 1 aliphatic carbocycles. The summed E-state index contributed by atoms with van der Waals surface area (Å²) in [5.41, 5.74) is 8.79. The van der Waals surface area contributed by atoms with Gasteiger partial charge in [-0.2, -0.15) is 0 Å². The predicted molar refractivity (Wildman–Crippen MR) is 218 cm³/mol. The number of amides is 1. The molecule has 1 aliphatic rings. The van der Waals surface area contributed by atoms with Crippen molar-refractivity contribution in [3.8, 4) is 39.9 Å². The Hall–Kier alpha value is -6.02. The SMILES string of the molecule is COc1ccc(-c2nc3c4c(c(Nc5c(C)cccc5C)cc(Oc5ccc(C(C)(C)CC(C)(C)C)cc5)c4n2)C(=O)c2ccccc2-3)c(NC(C)=O)c1. The molecule has 8 heteroatoms. The number of methoxy groups -OCH3 is 1. The molecular weight excluding hydrogens is 673 g/mol. The fraction of sp³-hybridized carbons (Fsp3) is 0.261. The molecule has 0 saturated carbocycles. The van der Waals surface area contributed by atoms with Gasteiger partial charge in [0.15, 0.2) is 17.4 Å². The van der Waals surface area contributed by atoms with E-state index in [4.69, 9.17) is 19.4 Å². The van der Waals surface area contributed by atoms with Crippen molar-refractivity contribution in [1.29, 1.82) is 0 Å². The zero-order valence-electron chi connectivity index (χ0n) is 32.4. The molecule has 0 atom stereocenters. The average Bonchev–Trinajstić information content (AvgIpc) is 3.11. The van der Waals surface area contributed by atoms with Crippen molar-refractivity contribution in [2.45, 2.75) is 67.2 Å². The number of carbonyl (C=O) groups excluding carboxylic acids is 2. The molecule has 7 rings (SSSR count). The number of para-hydroxylation sites is 1. The quantitative estimate of drug-likeness (QED) is 0.153. The first-order chi connectivity index (χ1) is 25.6. The maximum atomic E-state index is 14.6. The summed E-state index contributed by atoms with van der Waals surface area (Å²) in [5.74, 6) is 1.64. The van der Waals surface area contributed by atoms with Gasteiger partial charge in [0.25, 0.3) is 0 Å². The number of aryl methyl sites for hydroxylation is 2. The summed E-state index contributed by atoms with van der Waals surface area (Å²) >= 11 is 0. The molecule has 0 aliphatic heterocycles. The second-order valence-electron chi connectivity index (χ2n) is 16.0. The standard InChI is InChI=1S/C46H46N4O4/c1-26-13-12-14-27(2)40(26)48-36-24-37(54-30-19-17-29(18-20-30)46(7,8)25-45(4,5)6)42-39-38(36)43(52)33-16-11-10-15-32(33)41(39)49-44(50-42)34-22-21-31(53-9)23-35(34)47-28(3)51/h10-24,48H,25H2,1-9H3,(H,47,51). The van der Waals surface area contributed by atoms with Crippen LogP contribution in [0.4, 0.5) is 17.1 Å². The number of fused-ring (bicyclic) bond motifs is 2. The highest BCUT2D eigenvalue weighted by Crippen LogP contribution is 2.47. The van der Waals surface area contributed by atoms with E-state index >= 15 is 0 Å². The van der Waals surface area contributed by atoms with E-state index in [1.807, 2.05) is 80.6 Å². The summed E-state index contributed by atoms with van der Waals surface area (Å²) in [6.45, 7) is 16.9. The molecule has 0 fully saturated rings.